The third-order valence-electron chi connectivity index (χ3n) is 5.47. The van der Waals surface area contributed by atoms with E-state index >= 15 is 0 Å². The molecule has 0 heterocycles. The van der Waals surface area contributed by atoms with Crippen molar-refractivity contribution in [3.63, 3.8) is 0 Å². The summed E-state index contributed by atoms with van der Waals surface area (Å²) in [6, 6.07) is 6.40. The fourth-order valence-corrected chi connectivity index (χ4v) is 4.46. The first-order chi connectivity index (χ1) is 12.4. The molecule has 24 heavy (non-hydrogen) atoms. The molecule has 1 fully saturated rings. The Morgan fingerprint density at radius 2 is 2.17 bits per heavy atom. The summed E-state index contributed by atoms with van der Waals surface area (Å²) >= 11 is 0. The number of aliphatic hydroxyl groups excluding tert-OH is 1. The summed E-state index contributed by atoms with van der Waals surface area (Å²) in [6.07, 6.45) is -1.19. The zero-order chi connectivity index (χ0) is 19.8. The van der Waals surface area contributed by atoms with Gasteiger partial charge in [-0.05, 0) is 65.6 Å². The van der Waals surface area contributed by atoms with Crippen LogP contribution in [0.1, 0.15) is 47.3 Å². The monoisotopic (exact) mass is 351 g/mol. The summed E-state index contributed by atoms with van der Waals surface area (Å²) < 4.78 is 59.8. The number of benzene rings is 2. The van der Waals surface area contributed by atoms with Crippen LogP contribution in [-0.4, -0.2) is 24.2 Å². The number of aliphatic hydroxyl groups is 1. The van der Waals surface area contributed by atoms with E-state index in [9.17, 15) is 13.5 Å². The fraction of sp³-hybridized carbons (Fsp3) is 0.444. The SMILES string of the molecule is [2H]c1c(OS(=O)(=O)O)ccc2c3c(ccc12)C1CC([2H])([2H])[C@H](O)C1(C)CC3. The molecule has 0 saturated heterocycles. The predicted octanol–water partition coefficient (Wildman–Crippen LogP) is 3.21. The maximum absolute atomic E-state index is 11.0. The number of hydrogen-bond acceptors (Lipinski definition) is 4. The number of aryl methyl sites for hydroxylation is 1. The molecule has 0 bridgehead atoms. The number of fused-ring (bicyclic) bond motifs is 5. The van der Waals surface area contributed by atoms with Crippen LogP contribution in [0.3, 0.4) is 0 Å². The second-order valence-corrected chi connectivity index (χ2v) is 7.82. The van der Waals surface area contributed by atoms with E-state index in [0.717, 1.165) is 16.5 Å². The van der Waals surface area contributed by atoms with Crippen molar-refractivity contribution in [2.45, 2.75) is 44.6 Å². The Balaban J connectivity index is 1.86. The number of hydrogen-bond donors (Lipinski definition) is 2. The van der Waals surface area contributed by atoms with Crippen molar-refractivity contribution in [3.05, 3.63) is 41.4 Å². The van der Waals surface area contributed by atoms with Crippen molar-refractivity contribution >= 4 is 21.2 Å². The van der Waals surface area contributed by atoms with E-state index in [0.29, 0.717) is 18.2 Å². The molecule has 0 spiro atoms. The molecule has 2 aliphatic carbocycles. The minimum absolute atomic E-state index is 0.126. The normalized spacial score (nSPS) is 33.2. The van der Waals surface area contributed by atoms with E-state index in [1.165, 1.54) is 6.07 Å². The molecular weight excluding hydrogens is 328 g/mol. The predicted molar refractivity (Wildman–Crippen MR) is 90.5 cm³/mol. The molecule has 5 nitrogen and oxygen atoms in total. The lowest BCUT2D eigenvalue weighted by atomic mass is 9.65. The highest BCUT2D eigenvalue weighted by Gasteiger charge is 2.49. The van der Waals surface area contributed by atoms with Gasteiger partial charge in [0.1, 0.15) is 5.75 Å². The summed E-state index contributed by atoms with van der Waals surface area (Å²) in [5, 5.41) is 11.8. The van der Waals surface area contributed by atoms with Gasteiger partial charge < -0.3 is 9.29 Å². The maximum Gasteiger partial charge on any atom is 0.446 e. The zero-order valence-corrected chi connectivity index (χ0v) is 13.9. The van der Waals surface area contributed by atoms with Crippen LogP contribution in [0, 0.1) is 5.41 Å². The largest absolute Gasteiger partial charge is 0.446 e. The average molecular weight is 351 g/mol. The highest BCUT2D eigenvalue weighted by atomic mass is 32.3. The van der Waals surface area contributed by atoms with E-state index in [-0.39, 0.29) is 24.1 Å². The Morgan fingerprint density at radius 1 is 1.38 bits per heavy atom. The van der Waals surface area contributed by atoms with Gasteiger partial charge >= 0.3 is 10.4 Å². The average Bonchev–Trinajstić information content (AvgIpc) is 2.76. The molecule has 4 rings (SSSR count). The number of rotatable bonds is 2. The summed E-state index contributed by atoms with van der Waals surface area (Å²) in [6.45, 7) is 1.93. The minimum atomic E-state index is -4.71. The minimum Gasteiger partial charge on any atom is -0.393 e. The van der Waals surface area contributed by atoms with Crippen molar-refractivity contribution in [1.82, 2.24) is 0 Å². The molecule has 2 aliphatic rings. The summed E-state index contributed by atoms with van der Waals surface area (Å²) in [7, 11) is -4.71. The van der Waals surface area contributed by atoms with Gasteiger partial charge in [-0.1, -0.05) is 25.1 Å². The van der Waals surface area contributed by atoms with Gasteiger partial charge in [-0.2, -0.15) is 8.42 Å². The first kappa shape index (κ1) is 12.7. The Labute approximate surface area is 145 Å². The zero-order valence-electron chi connectivity index (χ0n) is 16.1. The summed E-state index contributed by atoms with van der Waals surface area (Å²) in [4.78, 5) is 0. The van der Waals surface area contributed by atoms with Gasteiger partial charge in [0, 0.05) is 8.16 Å². The fourth-order valence-electron chi connectivity index (χ4n) is 4.14. The van der Waals surface area contributed by atoms with Gasteiger partial charge in [0.25, 0.3) is 0 Å². The topological polar surface area (TPSA) is 83.8 Å². The Kier molecular flexibility index (Phi) is 2.74. The smallest absolute Gasteiger partial charge is 0.393 e. The Hall–Kier alpha value is -1.63. The molecular formula is C18H20O5S. The molecule has 2 unspecified atom stereocenters. The van der Waals surface area contributed by atoms with Crippen molar-refractivity contribution < 1.29 is 26.4 Å². The van der Waals surface area contributed by atoms with Gasteiger partial charge in [-0.15, -0.1) is 0 Å². The van der Waals surface area contributed by atoms with Crippen LogP contribution in [0.5, 0.6) is 5.75 Å². The Morgan fingerprint density at radius 3 is 2.92 bits per heavy atom. The van der Waals surface area contributed by atoms with Gasteiger partial charge in [0.15, 0.2) is 0 Å². The molecule has 2 N–H and O–H groups in total. The molecule has 0 radical (unpaired) electrons. The molecule has 128 valence electrons. The molecule has 3 atom stereocenters. The molecule has 1 saturated carbocycles. The van der Waals surface area contributed by atoms with Crippen LogP contribution in [-0.2, 0) is 16.8 Å². The van der Waals surface area contributed by atoms with E-state index in [1.807, 2.05) is 13.0 Å². The van der Waals surface area contributed by atoms with Crippen LogP contribution in [0.15, 0.2) is 30.3 Å². The summed E-state index contributed by atoms with van der Waals surface area (Å²) in [5.41, 5.74) is 1.42. The van der Waals surface area contributed by atoms with E-state index in [2.05, 4.69) is 4.18 Å². The van der Waals surface area contributed by atoms with E-state index < -0.39 is 28.3 Å². The van der Waals surface area contributed by atoms with Gasteiger partial charge in [-0.3, -0.25) is 4.55 Å². The Bertz CT molecular complexity index is 1050. The van der Waals surface area contributed by atoms with Gasteiger partial charge in [0.2, 0.25) is 0 Å². The second kappa shape index (κ2) is 5.18. The first-order valence-electron chi connectivity index (χ1n) is 9.34. The molecule has 0 aliphatic heterocycles. The van der Waals surface area contributed by atoms with Gasteiger partial charge in [-0.25, -0.2) is 0 Å². The quantitative estimate of drug-likeness (QED) is 0.812. The maximum atomic E-state index is 11.0. The van der Waals surface area contributed by atoms with Crippen LogP contribution in [0.2, 0.25) is 0 Å². The molecule has 2 aromatic carbocycles. The van der Waals surface area contributed by atoms with Gasteiger partial charge in [0.05, 0.1) is 7.47 Å². The third-order valence-corrected chi connectivity index (χ3v) is 5.86. The van der Waals surface area contributed by atoms with Crippen molar-refractivity contribution in [1.29, 1.82) is 0 Å². The lowest BCUT2D eigenvalue weighted by molar-refractivity contribution is 0.0459. The van der Waals surface area contributed by atoms with Crippen LogP contribution in [0.25, 0.3) is 10.8 Å². The second-order valence-electron chi connectivity index (χ2n) is 6.80. The lowest BCUT2D eigenvalue weighted by Crippen LogP contribution is -2.35. The first-order valence-corrected chi connectivity index (χ1v) is 9.21. The lowest BCUT2D eigenvalue weighted by Gasteiger charge is -2.40. The molecule has 0 amide bonds. The molecule has 6 heteroatoms. The highest BCUT2D eigenvalue weighted by molar-refractivity contribution is 7.81. The van der Waals surface area contributed by atoms with Crippen LogP contribution < -0.4 is 4.18 Å². The highest BCUT2D eigenvalue weighted by Crippen LogP contribution is 2.56. The molecule has 0 aromatic heterocycles. The molecule has 2 aromatic rings. The van der Waals surface area contributed by atoms with E-state index in [4.69, 9.17) is 8.67 Å². The summed E-state index contributed by atoms with van der Waals surface area (Å²) in [5.74, 6) is -0.378. The van der Waals surface area contributed by atoms with E-state index in [1.54, 1.807) is 12.1 Å². The van der Waals surface area contributed by atoms with Crippen molar-refractivity contribution in [2.24, 2.45) is 5.41 Å². The third kappa shape index (κ3) is 2.41. The van der Waals surface area contributed by atoms with Crippen LogP contribution in [0.4, 0.5) is 0 Å². The van der Waals surface area contributed by atoms with Crippen LogP contribution >= 0.6 is 0 Å². The standard InChI is InChI=1S/C18H20O5S/c1-18-9-8-14-13-5-3-12(23-24(20,21)22)10-11(13)2-4-15(14)16(18)6-7-17(18)19/h2-5,10,16-17,19H,6-9H2,1H3,(H,20,21,22)/t16?,17-,18?/m0/s1/i7D2,10D. The van der Waals surface area contributed by atoms with Crippen molar-refractivity contribution in [2.75, 3.05) is 0 Å². The van der Waals surface area contributed by atoms with Crippen molar-refractivity contribution in [3.8, 4) is 5.75 Å².